The number of rotatable bonds is 7. The Labute approximate surface area is 143 Å². The summed E-state index contributed by atoms with van der Waals surface area (Å²) in [5.41, 5.74) is 1.09. The van der Waals surface area contributed by atoms with Gasteiger partial charge in [-0.25, -0.2) is 0 Å². The van der Waals surface area contributed by atoms with Crippen molar-refractivity contribution in [2.75, 3.05) is 26.7 Å². The maximum absolute atomic E-state index is 12.3. The fraction of sp³-hybridized carbons (Fsp3) is 0.706. The second-order valence-corrected chi connectivity index (χ2v) is 6.98. The molecule has 2 rings (SSSR count). The van der Waals surface area contributed by atoms with E-state index < -0.39 is 0 Å². The van der Waals surface area contributed by atoms with Gasteiger partial charge in [-0.05, 0) is 24.3 Å². The molecule has 2 heterocycles. The summed E-state index contributed by atoms with van der Waals surface area (Å²) in [7, 11) is 1.65. The first-order valence-corrected chi connectivity index (χ1v) is 8.60. The third kappa shape index (κ3) is 5.06. The van der Waals surface area contributed by atoms with Crippen molar-refractivity contribution in [2.45, 2.75) is 39.8 Å². The topological polar surface area (TPSA) is 79.3 Å². The van der Waals surface area contributed by atoms with Crippen LogP contribution in [0.25, 0.3) is 0 Å². The lowest BCUT2D eigenvalue weighted by Crippen LogP contribution is -2.42. The first kappa shape index (κ1) is 18.4. The molecule has 7 nitrogen and oxygen atoms in total. The van der Waals surface area contributed by atoms with E-state index >= 15 is 0 Å². The van der Waals surface area contributed by atoms with Gasteiger partial charge in [0.15, 0.2) is 0 Å². The lowest BCUT2D eigenvalue weighted by atomic mass is 9.91. The van der Waals surface area contributed by atoms with Crippen LogP contribution in [0.3, 0.4) is 0 Å². The Morgan fingerprint density at radius 1 is 1.33 bits per heavy atom. The van der Waals surface area contributed by atoms with Crippen LogP contribution in [0.1, 0.15) is 25.8 Å². The van der Waals surface area contributed by atoms with Crippen molar-refractivity contribution in [1.82, 2.24) is 25.3 Å². The predicted octanol–water partition coefficient (Wildman–Crippen LogP) is 0.400. The molecule has 0 aromatic carbocycles. The fourth-order valence-corrected chi connectivity index (χ4v) is 3.24. The van der Waals surface area contributed by atoms with Crippen LogP contribution >= 0.6 is 0 Å². The minimum absolute atomic E-state index is 0.0125. The fourth-order valence-electron chi connectivity index (χ4n) is 3.24. The number of likely N-dealkylation sites (tertiary alicyclic amines) is 1. The lowest BCUT2D eigenvalue weighted by Gasteiger charge is -2.23. The average molecular weight is 335 g/mol. The first-order chi connectivity index (χ1) is 11.4. The van der Waals surface area contributed by atoms with Gasteiger partial charge < -0.3 is 10.6 Å². The standard InChI is InChI=1S/C17H29N5O2/c1-12(2)14-9-21(11-17(24)18-4)10-15(14)20-16(23)5-6-22-8-13(3)7-19-22/h7-8,12,14-15H,5-6,9-11H2,1-4H3,(H,18,24)(H,20,23)/t14-,15+/m1/s1. The summed E-state index contributed by atoms with van der Waals surface area (Å²) in [6, 6.07) is 0.0986. The van der Waals surface area contributed by atoms with Gasteiger partial charge in [-0.3, -0.25) is 19.2 Å². The minimum atomic E-state index is 0.0125. The summed E-state index contributed by atoms with van der Waals surface area (Å²) >= 11 is 0. The minimum Gasteiger partial charge on any atom is -0.358 e. The Balaban J connectivity index is 1.86. The monoisotopic (exact) mass is 335 g/mol. The summed E-state index contributed by atoms with van der Waals surface area (Å²) in [6.07, 6.45) is 4.14. The van der Waals surface area contributed by atoms with Crippen molar-refractivity contribution in [2.24, 2.45) is 11.8 Å². The van der Waals surface area contributed by atoms with Gasteiger partial charge in [-0.2, -0.15) is 5.10 Å². The number of aromatic nitrogens is 2. The molecule has 0 saturated carbocycles. The third-order valence-corrected chi connectivity index (χ3v) is 4.62. The van der Waals surface area contributed by atoms with Crippen LogP contribution in [0.4, 0.5) is 0 Å². The van der Waals surface area contributed by atoms with Gasteiger partial charge in [0.25, 0.3) is 0 Å². The molecule has 1 aromatic heterocycles. The van der Waals surface area contributed by atoms with Crippen molar-refractivity contribution in [3.63, 3.8) is 0 Å². The molecule has 0 bridgehead atoms. The van der Waals surface area contributed by atoms with Gasteiger partial charge in [0.05, 0.1) is 12.7 Å². The van der Waals surface area contributed by atoms with Crippen LogP contribution in [0.2, 0.25) is 0 Å². The Morgan fingerprint density at radius 3 is 2.67 bits per heavy atom. The highest BCUT2D eigenvalue weighted by Crippen LogP contribution is 2.24. The number of carbonyl (C=O) groups excluding carboxylic acids is 2. The largest absolute Gasteiger partial charge is 0.358 e. The van der Waals surface area contributed by atoms with E-state index in [9.17, 15) is 9.59 Å². The van der Waals surface area contributed by atoms with E-state index in [1.807, 2.05) is 13.1 Å². The molecule has 1 aromatic rings. The van der Waals surface area contributed by atoms with E-state index in [-0.39, 0.29) is 17.9 Å². The van der Waals surface area contributed by atoms with Crippen molar-refractivity contribution in [3.05, 3.63) is 18.0 Å². The van der Waals surface area contributed by atoms with Crippen LogP contribution in [0.5, 0.6) is 0 Å². The zero-order valence-corrected chi connectivity index (χ0v) is 15.1. The number of likely N-dealkylation sites (N-methyl/N-ethyl adjacent to an activating group) is 1. The number of hydrogen-bond acceptors (Lipinski definition) is 4. The Morgan fingerprint density at radius 2 is 2.08 bits per heavy atom. The quantitative estimate of drug-likeness (QED) is 0.756. The molecule has 0 aliphatic carbocycles. The van der Waals surface area contributed by atoms with Gasteiger partial charge in [-0.15, -0.1) is 0 Å². The number of aryl methyl sites for hydroxylation is 2. The van der Waals surface area contributed by atoms with Crippen LogP contribution < -0.4 is 10.6 Å². The van der Waals surface area contributed by atoms with Gasteiger partial charge >= 0.3 is 0 Å². The second kappa shape index (κ2) is 8.28. The smallest absolute Gasteiger partial charge is 0.233 e. The molecule has 1 fully saturated rings. The summed E-state index contributed by atoms with van der Waals surface area (Å²) in [5.74, 6) is 0.878. The molecule has 2 N–H and O–H groups in total. The summed E-state index contributed by atoms with van der Waals surface area (Å²) in [6.45, 7) is 8.85. The van der Waals surface area contributed by atoms with E-state index in [0.29, 0.717) is 31.3 Å². The number of amides is 2. The molecular formula is C17H29N5O2. The molecule has 1 aliphatic rings. The van der Waals surface area contributed by atoms with E-state index in [2.05, 4.69) is 34.5 Å². The Hall–Kier alpha value is -1.89. The first-order valence-electron chi connectivity index (χ1n) is 8.60. The zero-order valence-electron chi connectivity index (χ0n) is 15.1. The molecule has 2 atom stereocenters. The van der Waals surface area contributed by atoms with E-state index in [0.717, 1.165) is 18.7 Å². The number of carbonyl (C=O) groups is 2. The van der Waals surface area contributed by atoms with Gasteiger partial charge in [-0.1, -0.05) is 13.8 Å². The van der Waals surface area contributed by atoms with Crippen LogP contribution in [-0.2, 0) is 16.1 Å². The van der Waals surface area contributed by atoms with Crippen molar-refractivity contribution >= 4 is 11.8 Å². The van der Waals surface area contributed by atoms with Gasteiger partial charge in [0.2, 0.25) is 11.8 Å². The lowest BCUT2D eigenvalue weighted by molar-refractivity contribution is -0.122. The molecule has 2 amide bonds. The Bertz CT molecular complexity index is 569. The van der Waals surface area contributed by atoms with E-state index in [4.69, 9.17) is 0 Å². The average Bonchev–Trinajstić information content (AvgIpc) is 3.11. The normalized spacial score (nSPS) is 21.2. The van der Waals surface area contributed by atoms with Crippen molar-refractivity contribution in [3.8, 4) is 0 Å². The van der Waals surface area contributed by atoms with Crippen LogP contribution in [0.15, 0.2) is 12.4 Å². The third-order valence-electron chi connectivity index (χ3n) is 4.62. The number of nitrogens with zero attached hydrogens (tertiary/aromatic N) is 3. The second-order valence-electron chi connectivity index (χ2n) is 6.98. The van der Waals surface area contributed by atoms with E-state index in [1.165, 1.54) is 0 Å². The SMILES string of the molecule is CNC(=O)CN1C[C@H](NC(=O)CCn2cc(C)cn2)[C@@H](C(C)C)C1. The summed E-state index contributed by atoms with van der Waals surface area (Å²) in [4.78, 5) is 26.0. The Kier molecular flexibility index (Phi) is 6.36. The van der Waals surface area contributed by atoms with Crippen molar-refractivity contribution < 1.29 is 9.59 Å². The zero-order chi connectivity index (χ0) is 17.7. The molecule has 24 heavy (non-hydrogen) atoms. The highest BCUT2D eigenvalue weighted by Gasteiger charge is 2.35. The summed E-state index contributed by atoms with van der Waals surface area (Å²) in [5, 5.41) is 10.0. The van der Waals surface area contributed by atoms with Crippen molar-refractivity contribution in [1.29, 1.82) is 0 Å². The molecule has 1 saturated heterocycles. The number of hydrogen-bond donors (Lipinski definition) is 2. The van der Waals surface area contributed by atoms with Gasteiger partial charge in [0, 0.05) is 45.3 Å². The molecular weight excluding hydrogens is 306 g/mol. The molecule has 0 spiro atoms. The summed E-state index contributed by atoms with van der Waals surface area (Å²) < 4.78 is 1.79. The molecule has 134 valence electrons. The number of nitrogens with one attached hydrogen (secondary N) is 2. The van der Waals surface area contributed by atoms with Crippen LogP contribution in [0, 0.1) is 18.8 Å². The molecule has 0 unspecified atom stereocenters. The maximum atomic E-state index is 12.3. The van der Waals surface area contributed by atoms with Crippen LogP contribution in [-0.4, -0.2) is 59.2 Å². The van der Waals surface area contributed by atoms with Gasteiger partial charge in [0.1, 0.15) is 0 Å². The van der Waals surface area contributed by atoms with E-state index in [1.54, 1.807) is 17.9 Å². The molecule has 1 aliphatic heterocycles. The molecule has 0 radical (unpaired) electrons. The molecule has 7 heteroatoms. The maximum Gasteiger partial charge on any atom is 0.233 e. The highest BCUT2D eigenvalue weighted by atomic mass is 16.2. The highest BCUT2D eigenvalue weighted by molar-refractivity contribution is 5.78. The predicted molar refractivity (Wildman–Crippen MR) is 92.3 cm³/mol.